The molecule has 2 heteroatoms. The van der Waals surface area contributed by atoms with E-state index in [9.17, 15) is 4.79 Å². The summed E-state index contributed by atoms with van der Waals surface area (Å²) < 4.78 is 0. The third-order valence-corrected chi connectivity index (χ3v) is 3.78. The minimum absolute atomic E-state index is 0.169. The molecule has 1 fully saturated rings. The molecule has 2 nitrogen and oxygen atoms in total. The van der Waals surface area contributed by atoms with Gasteiger partial charge in [0.2, 0.25) is 0 Å². The Morgan fingerprint density at radius 1 is 1.46 bits per heavy atom. The Morgan fingerprint density at radius 2 is 2.00 bits per heavy atom. The van der Waals surface area contributed by atoms with Crippen LogP contribution in [0.4, 0.5) is 0 Å². The predicted molar refractivity (Wildman–Crippen MR) is 54.7 cm³/mol. The highest BCUT2D eigenvalue weighted by molar-refractivity contribution is 5.82. The number of carbonyl (C=O) groups excluding carboxylic acids is 1. The second-order valence-corrected chi connectivity index (χ2v) is 4.31. The quantitative estimate of drug-likeness (QED) is 0.667. The summed E-state index contributed by atoms with van der Waals surface area (Å²) in [6.07, 6.45) is 3.43. The number of likely N-dealkylation sites (N-methyl/N-ethyl adjacent to an activating group) is 1. The molecule has 0 spiro atoms. The highest BCUT2D eigenvalue weighted by atomic mass is 16.1. The highest BCUT2D eigenvalue weighted by Crippen LogP contribution is 2.42. The Morgan fingerprint density at radius 3 is 2.31 bits per heavy atom. The predicted octanol–water partition coefficient (Wildman–Crippen LogP) is 2.09. The lowest BCUT2D eigenvalue weighted by atomic mass is 9.74. The van der Waals surface area contributed by atoms with Gasteiger partial charge in [0.05, 0.1) is 6.04 Å². The summed E-state index contributed by atoms with van der Waals surface area (Å²) in [6.45, 7) is 7.22. The second-order valence-electron chi connectivity index (χ2n) is 4.31. The first-order valence-electron chi connectivity index (χ1n) is 5.28. The zero-order chi connectivity index (χ0) is 10.1. The van der Waals surface area contributed by atoms with E-state index in [1.807, 2.05) is 0 Å². The SMILES string of the molecule is CCC1(CC)CCN(C)C1C(C)=O. The van der Waals surface area contributed by atoms with Gasteiger partial charge in [-0.2, -0.15) is 0 Å². The molecule has 1 unspecified atom stereocenters. The van der Waals surface area contributed by atoms with Gasteiger partial charge in [-0.3, -0.25) is 9.69 Å². The Hall–Kier alpha value is -0.370. The van der Waals surface area contributed by atoms with E-state index in [0.29, 0.717) is 5.78 Å². The van der Waals surface area contributed by atoms with E-state index in [1.54, 1.807) is 6.92 Å². The van der Waals surface area contributed by atoms with Crippen molar-refractivity contribution < 1.29 is 4.79 Å². The van der Waals surface area contributed by atoms with Gasteiger partial charge >= 0.3 is 0 Å². The number of Topliss-reactive ketones (excluding diaryl/α,β-unsaturated/α-hetero) is 1. The number of rotatable bonds is 3. The highest BCUT2D eigenvalue weighted by Gasteiger charge is 2.45. The van der Waals surface area contributed by atoms with E-state index in [-0.39, 0.29) is 11.5 Å². The topological polar surface area (TPSA) is 20.3 Å². The van der Waals surface area contributed by atoms with Crippen molar-refractivity contribution in [3.05, 3.63) is 0 Å². The molecule has 1 aliphatic heterocycles. The molecule has 0 amide bonds. The average molecular weight is 183 g/mol. The second kappa shape index (κ2) is 3.79. The molecule has 1 rings (SSSR count). The van der Waals surface area contributed by atoms with Gasteiger partial charge < -0.3 is 0 Å². The van der Waals surface area contributed by atoms with Crippen molar-refractivity contribution in [3.8, 4) is 0 Å². The molecule has 13 heavy (non-hydrogen) atoms. The van der Waals surface area contributed by atoms with Gasteiger partial charge in [0.15, 0.2) is 0 Å². The van der Waals surface area contributed by atoms with Crippen LogP contribution in [0.3, 0.4) is 0 Å². The summed E-state index contributed by atoms with van der Waals surface area (Å²) in [5, 5.41) is 0. The van der Waals surface area contributed by atoms with Gasteiger partial charge in [0, 0.05) is 0 Å². The maximum Gasteiger partial charge on any atom is 0.147 e. The lowest BCUT2D eigenvalue weighted by Gasteiger charge is -2.34. The van der Waals surface area contributed by atoms with Crippen LogP contribution in [0.25, 0.3) is 0 Å². The van der Waals surface area contributed by atoms with Crippen LogP contribution in [0, 0.1) is 5.41 Å². The van der Waals surface area contributed by atoms with Crippen molar-refractivity contribution >= 4 is 5.78 Å². The molecule has 0 aromatic heterocycles. The number of hydrogen-bond acceptors (Lipinski definition) is 2. The molecular weight excluding hydrogens is 162 g/mol. The first-order valence-corrected chi connectivity index (χ1v) is 5.28. The van der Waals surface area contributed by atoms with Crippen molar-refractivity contribution in [2.24, 2.45) is 5.41 Å². The van der Waals surface area contributed by atoms with E-state index in [1.165, 1.54) is 6.42 Å². The summed E-state index contributed by atoms with van der Waals surface area (Å²) >= 11 is 0. The molecule has 0 bridgehead atoms. The third-order valence-electron chi connectivity index (χ3n) is 3.78. The Labute approximate surface area is 81.3 Å². The molecule has 1 atom stereocenters. The number of nitrogens with zero attached hydrogens (tertiary/aromatic N) is 1. The standard InChI is InChI=1S/C11H21NO/c1-5-11(6-2)7-8-12(4)10(11)9(3)13/h10H,5-8H2,1-4H3. The van der Waals surface area contributed by atoms with E-state index in [4.69, 9.17) is 0 Å². The molecule has 0 N–H and O–H groups in total. The molecule has 0 radical (unpaired) electrons. The van der Waals surface area contributed by atoms with Gasteiger partial charge in [-0.1, -0.05) is 13.8 Å². The zero-order valence-corrected chi connectivity index (χ0v) is 9.26. The third kappa shape index (κ3) is 1.64. The van der Waals surface area contributed by atoms with Crippen LogP contribution in [0.2, 0.25) is 0 Å². The Balaban J connectivity index is 2.90. The molecule has 1 aliphatic rings. The van der Waals surface area contributed by atoms with Gasteiger partial charge in [0.25, 0.3) is 0 Å². The Kier molecular flexibility index (Phi) is 3.12. The van der Waals surface area contributed by atoms with Crippen molar-refractivity contribution in [1.29, 1.82) is 0 Å². The van der Waals surface area contributed by atoms with Crippen LogP contribution in [-0.4, -0.2) is 30.3 Å². The maximum absolute atomic E-state index is 11.5. The molecule has 0 aromatic rings. The number of likely N-dealkylation sites (tertiary alicyclic amines) is 1. The normalized spacial score (nSPS) is 27.8. The van der Waals surface area contributed by atoms with Crippen LogP contribution >= 0.6 is 0 Å². The Bertz CT molecular complexity index is 196. The van der Waals surface area contributed by atoms with Crippen molar-refractivity contribution in [1.82, 2.24) is 4.90 Å². The number of hydrogen-bond donors (Lipinski definition) is 0. The number of ketones is 1. The average Bonchev–Trinajstić information content (AvgIpc) is 2.43. The lowest BCUT2D eigenvalue weighted by Crippen LogP contribution is -2.42. The molecule has 0 saturated carbocycles. The van der Waals surface area contributed by atoms with Crippen LogP contribution in [-0.2, 0) is 4.79 Å². The first kappa shape index (κ1) is 10.7. The van der Waals surface area contributed by atoms with E-state index in [2.05, 4.69) is 25.8 Å². The molecule has 1 heterocycles. The van der Waals surface area contributed by atoms with Crippen molar-refractivity contribution in [2.75, 3.05) is 13.6 Å². The fourth-order valence-electron chi connectivity index (χ4n) is 2.86. The fraction of sp³-hybridized carbons (Fsp3) is 0.909. The summed E-state index contributed by atoms with van der Waals surface area (Å²) in [5.74, 6) is 0.337. The summed E-state index contributed by atoms with van der Waals surface area (Å²) in [5.41, 5.74) is 0.264. The molecule has 0 aromatic carbocycles. The number of carbonyl (C=O) groups is 1. The van der Waals surface area contributed by atoms with Crippen molar-refractivity contribution in [2.45, 2.75) is 46.1 Å². The smallest absolute Gasteiger partial charge is 0.147 e. The van der Waals surface area contributed by atoms with Crippen molar-refractivity contribution in [3.63, 3.8) is 0 Å². The van der Waals surface area contributed by atoms with Gasteiger partial charge in [-0.15, -0.1) is 0 Å². The van der Waals surface area contributed by atoms with Gasteiger partial charge in [0.1, 0.15) is 5.78 Å². The first-order chi connectivity index (χ1) is 6.07. The van der Waals surface area contributed by atoms with Gasteiger partial charge in [-0.25, -0.2) is 0 Å². The molecule has 0 aliphatic carbocycles. The summed E-state index contributed by atoms with van der Waals surface area (Å²) in [7, 11) is 2.07. The van der Waals surface area contributed by atoms with Crippen LogP contribution in [0.1, 0.15) is 40.0 Å². The fourth-order valence-corrected chi connectivity index (χ4v) is 2.86. The van der Waals surface area contributed by atoms with E-state index in [0.717, 1.165) is 19.4 Å². The van der Waals surface area contributed by atoms with Gasteiger partial charge in [-0.05, 0) is 45.2 Å². The minimum Gasteiger partial charge on any atom is -0.298 e. The van der Waals surface area contributed by atoms with Crippen LogP contribution in [0.15, 0.2) is 0 Å². The minimum atomic E-state index is 0.169. The van der Waals surface area contributed by atoms with Crippen LogP contribution in [0.5, 0.6) is 0 Å². The maximum atomic E-state index is 11.5. The summed E-state index contributed by atoms with van der Waals surface area (Å²) in [4.78, 5) is 13.8. The van der Waals surface area contributed by atoms with Crippen LogP contribution < -0.4 is 0 Å². The van der Waals surface area contributed by atoms with E-state index < -0.39 is 0 Å². The molecule has 1 saturated heterocycles. The lowest BCUT2D eigenvalue weighted by molar-refractivity contribution is -0.124. The largest absolute Gasteiger partial charge is 0.298 e. The monoisotopic (exact) mass is 183 g/mol. The zero-order valence-electron chi connectivity index (χ0n) is 9.26. The summed E-state index contributed by atoms with van der Waals surface area (Å²) in [6, 6.07) is 0.169. The molecule has 76 valence electrons. The van der Waals surface area contributed by atoms with E-state index >= 15 is 0 Å². The molecular formula is C11H21NO.